The monoisotopic (exact) mass is 247 g/mol. The molecule has 92 valence electrons. The molecular formula is C15H21NS. The Kier molecular flexibility index (Phi) is 2.23. The molecule has 0 aromatic carbocycles. The van der Waals surface area contributed by atoms with Gasteiger partial charge in [0, 0.05) is 16.3 Å². The first-order valence-electron chi connectivity index (χ1n) is 7.02. The van der Waals surface area contributed by atoms with E-state index in [2.05, 4.69) is 29.9 Å². The molecule has 1 N–H and O–H groups in total. The number of thiophene rings is 1. The molecule has 1 aromatic heterocycles. The summed E-state index contributed by atoms with van der Waals surface area (Å²) in [4.78, 5) is 1.69. The van der Waals surface area contributed by atoms with E-state index in [4.69, 9.17) is 0 Å². The van der Waals surface area contributed by atoms with Crippen LogP contribution in [0.5, 0.6) is 0 Å². The molecule has 0 saturated heterocycles. The van der Waals surface area contributed by atoms with Crippen LogP contribution in [0.3, 0.4) is 0 Å². The average molecular weight is 247 g/mol. The normalized spacial score (nSPS) is 47.6. The summed E-state index contributed by atoms with van der Waals surface area (Å²) in [7, 11) is 2.17. The van der Waals surface area contributed by atoms with Gasteiger partial charge >= 0.3 is 0 Å². The molecule has 1 aromatic rings. The van der Waals surface area contributed by atoms with Crippen LogP contribution >= 0.6 is 11.3 Å². The lowest BCUT2D eigenvalue weighted by Gasteiger charge is -2.60. The van der Waals surface area contributed by atoms with Gasteiger partial charge in [0.05, 0.1) is 0 Å². The SMILES string of the molecule is CNC1C2CC3CC1CC(c1cccs1)(C3)C2. The van der Waals surface area contributed by atoms with Gasteiger partial charge in [-0.1, -0.05) is 6.07 Å². The summed E-state index contributed by atoms with van der Waals surface area (Å²) in [5.41, 5.74) is 0.581. The molecule has 4 bridgehead atoms. The first-order valence-corrected chi connectivity index (χ1v) is 7.90. The minimum Gasteiger partial charge on any atom is -0.316 e. The summed E-state index contributed by atoms with van der Waals surface area (Å²) < 4.78 is 0. The van der Waals surface area contributed by atoms with Crippen LogP contribution in [0.4, 0.5) is 0 Å². The fourth-order valence-corrected chi connectivity index (χ4v) is 6.34. The van der Waals surface area contributed by atoms with Gasteiger partial charge in [-0.15, -0.1) is 11.3 Å². The summed E-state index contributed by atoms with van der Waals surface area (Å²) in [6.45, 7) is 0. The van der Waals surface area contributed by atoms with E-state index < -0.39 is 0 Å². The van der Waals surface area contributed by atoms with Crippen molar-refractivity contribution in [3.05, 3.63) is 22.4 Å². The Balaban J connectivity index is 1.73. The second-order valence-electron chi connectivity index (χ2n) is 6.54. The fourth-order valence-electron chi connectivity index (χ4n) is 5.38. The van der Waals surface area contributed by atoms with Crippen molar-refractivity contribution in [2.45, 2.75) is 43.6 Å². The molecule has 2 atom stereocenters. The molecule has 5 rings (SSSR count). The zero-order chi connectivity index (χ0) is 11.5. The molecule has 2 heteroatoms. The summed E-state index contributed by atoms with van der Waals surface area (Å²) in [6, 6.07) is 5.46. The highest BCUT2D eigenvalue weighted by atomic mass is 32.1. The standard InChI is InChI=1S/C15H21NS/c1-16-14-11-5-10-6-12(14)9-15(7-10,8-11)13-3-2-4-17-13/h2-4,10-12,14,16H,5-9H2,1H3. The van der Waals surface area contributed by atoms with E-state index in [-0.39, 0.29) is 0 Å². The van der Waals surface area contributed by atoms with E-state index in [0.717, 1.165) is 23.8 Å². The van der Waals surface area contributed by atoms with E-state index in [1.807, 2.05) is 11.3 Å². The number of nitrogens with one attached hydrogen (secondary N) is 1. The molecule has 0 spiro atoms. The molecular weight excluding hydrogens is 226 g/mol. The number of hydrogen-bond acceptors (Lipinski definition) is 2. The zero-order valence-electron chi connectivity index (χ0n) is 10.5. The van der Waals surface area contributed by atoms with Gasteiger partial charge in [0.1, 0.15) is 0 Å². The van der Waals surface area contributed by atoms with Crippen LogP contribution in [0.1, 0.15) is 37.0 Å². The Bertz CT molecular complexity index is 395. The van der Waals surface area contributed by atoms with Crippen LogP contribution in [-0.4, -0.2) is 13.1 Å². The Morgan fingerprint density at radius 3 is 2.59 bits per heavy atom. The molecule has 4 fully saturated rings. The largest absolute Gasteiger partial charge is 0.316 e. The van der Waals surface area contributed by atoms with Gasteiger partial charge in [0.25, 0.3) is 0 Å². The molecule has 4 aliphatic carbocycles. The lowest BCUT2D eigenvalue weighted by molar-refractivity contribution is -0.0311. The first-order chi connectivity index (χ1) is 8.31. The molecule has 4 saturated carbocycles. The quantitative estimate of drug-likeness (QED) is 0.844. The molecule has 0 amide bonds. The second-order valence-corrected chi connectivity index (χ2v) is 7.49. The van der Waals surface area contributed by atoms with Crippen molar-refractivity contribution in [1.82, 2.24) is 5.32 Å². The summed E-state index contributed by atoms with van der Waals surface area (Å²) in [5, 5.41) is 5.88. The van der Waals surface area contributed by atoms with Crippen molar-refractivity contribution in [3.8, 4) is 0 Å². The molecule has 1 nitrogen and oxygen atoms in total. The van der Waals surface area contributed by atoms with Crippen LogP contribution in [0.15, 0.2) is 17.5 Å². The maximum Gasteiger partial charge on any atom is 0.0121 e. The first kappa shape index (κ1) is 10.6. The minimum atomic E-state index is 0.581. The highest BCUT2D eigenvalue weighted by Gasteiger charge is 2.55. The average Bonchev–Trinajstić information content (AvgIpc) is 2.82. The van der Waals surface area contributed by atoms with Gasteiger partial charge in [0.15, 0.2) is 0 Å². The predicted molar refractivity (Wildman–Crippen MR) is 72.4 cm³/mol. The Hall–Kier alpha value is -0.340. The highest BCUT2D eigenvalue weighted by Crippen LogP contribution is 2.61. The van der Waals surface area contributed by atoms with Crippen LogP contribution in [0, 0.1) is 17.8 Å². The summed E-state index contributed by atoms with van der Waals surface area (Å²) in [5.74, 6) is 2.93. The van der Waals surface area contributed by atoms with Crippen molar-refractivity contribution < 1.29 is 0 Å². The van der Waals surface area contributed by atoms with Crippen molar-refractivity contribution in [2.75, 3.05) is 7.05 Å². The van der Waals surface area contributed by atoms with Gasteiger partial charge < -0.3 is 5.32 Å². The maximum absolute atomic E-state index is 3.61. The smallest absolute Gasteiger partial charge is 0.0121 e. The molecule has 2 unspecified atom stereocenters. The molecule has 1 heterocycles. The third-order valence-electron chi connectivity index (χ3n) is 5.65. The van der Waals surface area contributed by atoms with Crippen molar-refractivity contribution in [2.24, 2.45) is 17.8 Å². The summed E-state index contributed by atoms with van der Waals surface area (Å²) >= 11 is 2.00. The van der Waals surface area contributed by atoms with E-state index in [1.54, 1.807) is 4.88 Å². The second kappa shape index (κ2) is 3.58. The Morgan fingerprint density at radius 1 is 1.24 bits per heavy atom. The Morgan fingerprint density at radius 2 is 2.00 bits per heavy atom. The van der Waals surface area contributed by atoms with Crippen LogP contribution in [0.25, 0.3) is 0 Å². The van der Waals surface area contributed by atoms with Crippen molar-refractivity contribution in [1.29, 1.82) is 0 Å². The van der Waals surface area contributed by atoms with Crippen molar-refractivity contribution in [3.63, 3.8) is 0 Å². The van der Waals surface area contributed by atoms with E-state index in [9.17, 15) is 0 Å². The third kappa shape index (κ3) is 1.40. The van der Waals surface area contributed by atoms with Crippen LogP contribution in [-0.2, 0) is 5.41 Å². The van der Waals surface area contributed by atoms with Gasteiger partial charge in [-0.2, -0.15) is 0 Å². The lowest BCUT2D eigenvalue weighted by atomic mass is 9.47. The molecule has 0 radical (unpaired) electrons. The van der Waals surface area contributed by atoms with Crippen LogP contribution < -0.4 is 5.32 Å². The number of rotatable bonds is 2. The zero-order valence-corrected chi connectivity index (χ0v) is 11.3. The summed E-state index contributed by atoms with van der Waals surface area (Å²) in [6.07, 6.45) is 7.37. The van der Waals surface area contributed by atoms with Gasteiger partial charge in [-0.05, 0) is 68.4 Å². The predicted octanol–water partition coefficient (Wildman–Crippen LogP) is 3.41. The maximum atomic E-state index is 3.61. The lowest BCUT2D eigenvalue weighted by Crippen LogP contribution is -2.58. The van der Waals surface area contributed by atoms with Crippen molar-refractivity contribution >= 4 is 11.3 Å². The fraction of sp³-hybridized carbons (Fsp3) is 0.733. The van der Waals surface area contributed by atoms with E-state index in [1.165, 1.54) is 32.1 Å². The number of hydrogen-bond donors (Lipinski definition) is 1. The van der Waals surface area contributed by atoms with Crippen LogP contribution in [0.2, 0.25) is 0 Å². The van der Waals surface area contributed by atoms with E-state index >= 15 is 0 Å². The minimum absolute atomic E-state index is 0.581. The molecule has 17 heavy (non-hydrogen) atoms. The van der Waals surface area contributed by atoms with Gasteiger partial charge in [-0.3, -0.25) is 0 Å². The molecule has 0 aliphatic heterocycles. The topological polar surface area (TPSA) is 12.0 Å². The van der Waals surface area contributed by atoms with Gasteiger partial charge in [-0.25, -0.2) is 0 Å². The third-order valence-corrected chi connectivity index (χ3v) is 6.77. The Labute approximate surface area is 108 Å². The van der Waals surface area contributed by atoms with Gasteiger partial charge in [0.2, 0.25) is 0 Å². The molecule has 4 aliphatic rings. The van der Waals surface area contributed by atoms with E-state index in [0.29, 0.717) is 5.41 Å². The highest BCUT2D eigenvalue weighted by molar-refractivity contribution is 7.10.